The summed E-state index contributed by atoms with van der Waals surface area (Å²) in [7, 11) is 0. The van der Waals surface area contributed by atoms with Crippen molar-refractivity contribution in [1.82, 2.24) is 5.32 Å². The van der Waals surface area contributed by atoms with Gasteiger partial charge in [-0.25, -0.2) is 0 Å². The summed E-state index contributed by atoms with van der Waals surface area (Å²) in [6.07, 6.45) is 1.94. The zero-order chi connectivity index (χ0) is 14.1. The monoisotopic (exact) mass is 291 g/mol. The molecule has 0 aromatic carbocycles. The van der Waals surface area contributed by atoms with Gasteiger partial charge in [0.1, 0.15) is 0 Å². The average Bonchev–Trinajstić information content (AvgIpc) is 2.46. The fraction of sp³-hybridized carbons (Fsp3) is 1.00. The molecule has 6 nitrogen and oxygen atoms in total. The quantitative estimate of drug-likeness (QED) is 0.699. The van der Waals surface area contributed by atoms with Crippen molar-refractivity contribution in [3.8, 4) is 0 Å². The lowest BCUT2D eigenvalue weighted by Gasteiger charge is -2.09. The molecule has 1 saturated heterocycles. The van der Waals surface area contributed by atoms with Crippen molar-refractivity contribution in [3.63, 3.8) is 0 Å². The molecule has 0 aliphatic carbocycles. The van der Waals surface area contributed by atoms with Crippen LogP contribution in [0, 0.1) is 0 Å². The largest absolute Gasteiger partial charge is 0.380 e. The van der Waals surface area contributed by atoms with Gasteiger partial charge in [-0.3, -0.25) is 0 Å². The predicted octanol–water partition coefficient (Wildman–Crippen LogP) is 0.453. The summed E-state index contributed by atoms with van der Waals surface area (Å²) in [4.78, 5) is 0. The molecule has 0 aromatic rings. The number of nitrogens with one attached hydrogen (secondary N) is 1. The number of rotatable bonds is 0. The molecule has 1 aliphatic rings. The third-order valence-electron chi connectivity index (χ3n) is 2.76. The van der Waals surface area contributed by atoms with Crippen LogP contribution in [-0.2, 0) is 23.7 Å². The van der Waals surface area contributed by atoms with E-state index in [2.05, 4.69) is 5.32 Å². The molecule has 0 aromatic heterocycles. The molecule has 0 spiro atoms. The van der Waals surface area contributed by atoms with Crippen LogP contribution in [0.5, 0.6) is 0 Å². The molecule has 1 N–H and O–H groups in total. The normalized spacial score (nSPS) is 24.0. The standard InChI is InChI=1S/C14H29NO5/c1-3-15-4-8-16-6-2-7-18-10-12-20-14-13-19-11-9-17-5-1/h15H,1-14H2. The minimum absolute atomic E-state index is 0.608. The minimum Gasteiger partial charge on any atom is -0.380 e. The summed E-state index contributed by atoms with van der Waals surface area (Å²) in [5.41, 5.74) is 0. The summed E-state index contributed by atoms with van der Waals surface area (Å²) in [6.45, 7) is 8.57. The number of hydrogen-bond donors (Lipinski definition) is 1. The van der Waals surface area contributed by atoms with Crippen LogP contribution in [0.2, 0.25) is 0 Å². The van der Waals surface area contributed by atoms with Crippen LogP contribution in [0.3, 0.4) is 0 Å². The van der Waals surface area contributed by atoms with Gasteiger partial charge in [0.15, 0.2) is 0 Å². The third kappa shape index (κ3) is 12.8. The molecular formula is C14H29NO5. The van der Waals surface area contributed by atoms with Crippen molar-refractivity contribution >= 4 is 0 Å². The second-order valence-electron chi connectivity index (χ2n) is 4.52. The minimum atomic E-state index is 0.608. The molecule has 0 bridgehead atoms. The fourth-order valence-corrected chi connectivity index (χ4v) is 1.70. The first-order valence-corrected chi connectivity index (χ1v) is 7.59. The Morgan fingerprint density at radius 1 is 0.400 bits per heavy atom. The maximum Gasteiger partial charge on any atom is 0.0701 e. The highest BCUT2D eigenvalue weighted by Gasteiger charge is 1.95. The molecule has 0 unspecified atom stereocenters. The smallest absolute Gasteiger partial charge is 0.0701 e. The van der Waals surface area contributed by atoms with Crippen molar-refractivity contribution < 1.29 is 23.7 Å². The topological polar surface area (TPSA) is 58.2 Å². The van der Waals surface area contributed by atoms with Gasteiger partial charge in [-0.15, -0.1) is 0 Å². The van der Waals surface area contributed by atoms with E-state index in [-0.39, 0.29) is 0 Å². The van der Waals surface area contributed by atoms with Crippen molar-refractivity contribution in [1.29, 1.82) is 0 Å². The van der Waals surface area contributed by atoms with E-state index in [1.165, 1.54) is 0 Å². The summed E-state index contributed by atoms with van der Waals surface area (Å²) >= 11 is 0. The first-order chi connectivity index (χ1) is 10.0. The molecule has 20 heavy (non-hydrogen) atoms. The molecule has 1 rings (SSSR count). The van der Waals surface area contributed by atoms with E-state index < -0.39 is 0 Å². The van der Waals surface area contributed by atoms with Gasteiger partial charge in [0.2, 0.25) is 0 Å². The lowest BCUT2D eigenvalue weighted by molar-refractivity contribution is -0.00481. The summed E-state index contributed by atoms with van der Waals surface area (Å²) in [5.74, 6) is 0. The predicted molar refractivity (Wildman–Crippen MR) is 76.2 cm³/mol. The van der Waals surface area contributed by atoms with E-state index in [0.29, 0.717) is 39.6 Å². The maximum absolute atomic E-state index is 5.49. The third-order valence-corrected chi connectivity index (χ3v) is 2.76. The molecule has 120 valence electrons. The van der Waals surface area contributed by atoms with Crippen LogP contribution >= 0.6 is 0 Å². The van der Waals surface area contributed by atoms with E-state index in [9.17, 15) is 0 Å². The average molecular weight is 291 g/mol. The van der Waals surface area contributed by atoms with Crippen molar-refractivity contribution in [2.75, 3.05) is 79.2 Å². The molecule has 6 heteroatoms. The zero-order valence-corrected chi connectivity index (χ0v) is 12.4. The molecule has 1 aliphatic heterocycles. The van der Waals surface area contributed by atoms with Gasteiger partial charge in [0, 0.05) is 26.4 Å². The zero-order valence-electron chi connectivity index (χ0n) is 12.4. The SMILES string of the molecule is C1CNCCOCCCOCCOCCOCCOC1. The Morgan fingerprint density at radius 2 is 0.850 bits per heavy atom. The number of hydrogen-bond acceptors (Lipinski definition) is 6. The van der Waals surface area contributed by atoms with E-state index in [4.69, 9.17) is 23.7 Å². The molecule has 1 heterocycles. The lowest BCUT2D eigenvalue weighted by Crippen LogP contribution is -2.22. The molecular weight excluding hydrogens is 262 g/mol. The van der Waals surface area contributed by atoms with Crippen molar-refractivity contribution in [2.24, 2.45) is 0 Å². The Labute approximate surface area is 122 Å². The molecule has 0 saturated carbocycles. The van der Waals surface area contributed by atoms with Crippen molar-refractivity contribution in [2.45, 2.75) is 12.8 Å². The summed E-state index contributed by atoms with van der Waals surface area (Å²) in [5, 5.41) is 3.32. The second kappa shape index (κ2) is 15.2. The van der Waals surface area contributed by atoms with Crippen LogP contribution < -0.4 is 5.32 Å². The Balaban J connectivity index is 2.00. The van der Waals surface area contributed by atoms with Gasteiger partial charge in [-0.05, 0) is 19.4 Å². The summed E-state index contributed by atoms with van der Waals surface area (Å²) in [6, 6.07) is 0. The van der Waals surface area contributed by atoms with Gasteiger partial charge in [0.25, 0.3) is 0 Å². The van der Waals surface area contributed by atoms with Gasteiger partial charge >= 0.3 is 0 Å². The van der Waals surface area contributed by atoms with E-state index in [0.717, 1.165) is 52.4 Å². The fourth-order valence-electron chi connectivity index (χ4n) is 1.70. The van der Waals surface area contributed by atoms with E-state index >= 15 is 0 Å². The molecule has 0 amide bonds. The van der Waals surface area contributed by atoms with Crippen molar-refractivity contribution in [3.05, 3.63) is 0 Å². The highest BCUT2D eigenvalue weighted by Crippen LogP contribution is 1.88. The molecule has 0 radical (unpaired) electrons. The van der Waals surface area contributed by atoms with Crippen LogP contribution in [0.25, 0.3) is 0 Å². The van der Waals surface area contributed by atoms with Crippen LogP contribution in [0.4, 0.5) is 0 Å². The number of ether oxygens (including phenoxy) is 5. The van der Waals surface area contributed by atoms with Gasteiger partial charge in [0.05, 0.1) is 46.2 Å². The Hall–Kier alpha value is -0.240. The molecule has 0 atom stereocenters. The molecule has 1 fully saturated rings. The first kappa shape index (κ1) is 17.8. The van der Waals surface area contributed by atoms with E-state index in [1.54, 1.807) is 0 Å². The highest BCUT2D eigenvalue weighted by molar-refractivity contribution is 4.47. The van der Waals surface area contributed by atoms with Crippen LogP contribution in [-0.4, -0.2) is 79.2 Å². The van der Waals surface area contributed by atoms with E-state index in [1.807, 2.05) is 0 Å². The maximum atomic E-state index is 5.49. The first-order valence-electron chi connectivity index (χ1n) is 7.59. The van der Waals surface area contributed by atoms with Gasteiger partial charge in [-0.1, -0.05) is 0 Å². The Kier molecular flexibility index (Phi) is 13.5. The van der Waals surface area contributed by atoms with Crippen LogP contribution in [0.1, 0.15) is 12.8 Å². The Morgan fingerprint density at radius 3 is 1.45 bits per heavy atom. The van der Waals surface area contributed by atoms with Gasteiger partial charge < -0.3 is 29.0 Å². The highest BCUT2D eigenvalue weighted by atomic mass is 16.6. The van der Waals surface area contributed by atoms with Gasteiger partial charge in [-0.2, -0.15) is 0 Å². The van der Waals surface area contributed by atoms with Crippen LogP contribution in [0.15, 0.2) is 0 Å². The summed E-state index contributed by atoms with van der Waals surface area (Å²) < 4.78 is 27.2. The lowest BCUT2D eigenvalue weighted by atomic mass is 10.4. The second-order valence-corrected chi connectivity index (χ2v) is 4.52. The Bertz CT molecular complexity index is 108.